The van der Waals surface area contributed by atoms with E-state index in [-0.39, 0.29) is 6.54 Å². The van der Waals surface area contributed by atoms with Gasteiger partial charge in [0.1, 0.15) is 0 Å². The van der Waals surface area contributed by atoms with E-state index in [4.69, 9.17) is 0 Å². The van der Waals surface area contributed by atoms with Gasteiger partial charge in [0, 0.05) is 19.1 Å². The Morgan fingerprint density at radius 2 is 1.75 bits per heavy atom. The summed E-state index contributed by atoms with van der Waals surface area (Å²) >= 11 is 0. The standard InChI is InChI=1S/C11H23F3N2/c1-9(2)15-7-10(3)8-16(4)6-5-11(12,13)14/h9-10,15H,5-8H2,1-4H3. The van der Waals surface area contributed by atoms with Crippen LogP contribution in [0.15, 0.2) is 0 Å². The minimum absolute atomic E-state index is 0.0789. The fourth-order valence-electron chi connectivity index (χ4n) is 1.44. The predicted octanol–water partition coefficient (Wildman–Crippen LogP) is 2.50. The molecule has 0 fully saturated rings. The van der Waals surface area contributed by atoms with Crippen LogP contribution in [0.1, 0.15) is 27.2 Å². The lowest BCUT2D eigenvalue weighted by Gasteiger charge is -2.22. The van der Waals surface area contributed by atoms with Crippen LogP contribution >= 0.6 is 0 Å². The summed E-state index contributed by atoms with van der Waals surface area (Å²) in [4.78, 5) is 1.74. The van der Waals surface area contributed by atoms with E-state index in [1.807, 2.05) is 6.92 Å². The van der Waals surface area contributed by atoms with Crippen molar-refractivity contribution in [3.8, 4) is 0 Å². The first-order valence-corrected chi connectivity index (χ1v) is 5.69. The maximum Gasteiger partial charge on any atom is 0.390 e. The van der Waals surface area contributed by atoms with Crippen molar-refractivity contribution in [3.63, 3.8) is 0 Å². The van der Waals surface area contributed by atoms with E-state index in [0.29, 0.717) is 18.5 Å². The molecule has 0 aliphatic heterocycles. The molecule has 0 aliphatic rings. The lowest BCUT2D eigenvalue weighted by molar-refractivity contribution is -0.137. The highest BCUT2D eigenvalue weighted by Gasteiger charge is 2.27. The monoisotopic (exact) mass is 240 g/mol. The zero-order chi connectivity index (χ0) is 12.8. The maximum absolute atomic E-state index is 12.0. The van der Waals surface area contributed by atoms with Gasteiger partial charge in [0.15, 0.2) is 0 Å². The van der Waals surface area contributed by atoms with Gasteiger partial charge in [0.05, 0.1) is 6.42 Å². The third-order valence-electron chi connectivity index (χ3n) is 2.27. The van der Waals surface area contributed by atoms with Crippen molar-refractivity contribution in [3.05, 3.63) is 0 Å². The Morgan fingerprint density at radius 3 is 2.19 bits per heavy atom. The highest BCUT2D eigenvalue weighted by molar-refractivity contribution is 4.65. The van der Waals surface area contributed by atoms with Gasteiger partial charge in [-0.3, -0.25) is 0 Å². The minimum Gasteiger partial charge on any atom is -0.314 e. The SMILES string of the molecule is CC(CNC(C)C)CN(C)CCC(F)(F)F. The molecule has 0 saturated carbocycles. The first-order valence-electron chi connectivity index (χ1n) is 5.69. The Bertz CT molecular complexity index is 181. The molecule has 0 spiro atoms. The Kier molecular flexibility index (Phi) is 6.99. The summed E-state index contributed by atoms with van der Waals surface area (Å²) in [6.07, 6.45) is -4.78. The molecule has 0 amide bonds. The zero-order valence-electron chi connectivity index (χ0n) is 10.6. The first kappa shape index (κ1) is 15.7. The maximum atomic E-state index is 12.0. The molecular weight excluding hydrogens is 217 g/mol. The quantitative estimate of drug-likeness (QED) is 0.735. The Hall–Kier alpha value is -0.290. The summed E-state index contributed by atoms with van der Waals surface area (Å²) < 4.78 is 35.9. The smallest absolute Gasteiger partial charge is 0.314 e. The van der Waals surface area contributed by atoms with E-state index < -0.39 is 12.6 Å². The van der Waals surface area contributed by atoms with Crippen LogP contribution < -0.4 is 5.32 Å². The van der Waals surface area contributed by atoms with Gasteiger partial charge in [0.25, 0.3) is 0 Å². The van der Waals surface area contributed by atoms with Gasteiger partial charge < -0.3 is 10.2 Å². The van der Waals surface area contributed by atoms with Crippen molar-refractivity contribution in [2.24, 2.45) is 5.92 Å². The molecule has 0 heterocycles. The molecule has 5 heteroatoms. The van der Waals surface area contributed by atoms with Gasteiger partial charge in [-0.2, -0.15) is 13.2 Å². The van der Waals surface area contributed by atoms with Gasteiger partial charge in [-0.05, 0) is 19.5 Å². The number of hydrogen-bond donors (Lipinski definition) is 1. The molecular formula is C11H23F3N2. The van der Waals surface area contributed by atoms with Crippen LogP contribution in [0, 0.1) is 5.92 Å². The Morgan fingerprint density at radius 1 is 1.19 bits per heavy atom. The van der Waals surface area contributed by atoms with Gasteiger partial charge in [-0.15, -0.1) is 0 Å². The van der Waals surface area contributed by atoms with Crippen LogP contribution in [0.25, 0.3) is 0 Å². The van der Waals surface area contributed by atoms with Crippen LogP contribution in [-0.2, 0) is 0 Å². The summed E-state index contributed by atoms with van der Waals surface area (Å²) in [6, 6.07) is 0.419. The zero-order valence-corrected chi connectivity index (χ0v) is 10.6. The van der Waals surface area contributed by atoms with E-state index >= 15 is 0 Å². The topological polar surface area (TPSA) is 15.3 Å². The molecule has 0 aliphatic carbocycles. The van der Waals surface area contributed by atoms with Crippen molar-refractivity contribution < 1.29 is 13.2 Å². The van der Waals surface area contributed by atoms with Crippen LogP contribution in [0.3, 0.4) is 0 Å². The van der Waals surface area contributed by atoms with Gasteiger partial charge >= 0.3 is 6.18 Å². The molecule has 0 radical (unpaired) electrons. The van der Waals surface area contributed by atoms with E-state index in [2.05, 4.69) is 19.2 Å². The Balaban J connectivity index is 3.66. The second-order valence-corrected chi connectivity index (χ2v) is 4.80. The van der Waals surface area contributed by atoms with Crippen LogP contribution in [0.4, 0.5) is 13.2 Å². The Labute approximate surface area is 96.2 Å². The molecule has 1 unspecified atom stereocenters. The van der Waals surface area contributed by atoms with Crippen molar-refractivity contribution in [1.82, 2.24) is 10.2 Å². The summed E-state index contributed by atoms with van der Waals surface area (Å²) in [5.41, 5.74) is 0. The summed E-state index contributed by atoms with van der Waals surface area (Å²) in [7, 11) is 1.73. The van der Waals surface area contributed by atoms with Crippen molar-refractivity contribution in [2.75, 3.05) is 26.7 Å². The van der Waals surface area contributed by atoms with E-state index in [1.54, 1.807) is 11.9 Å². The number of hydrogen-bond acceptors (Lipinski definition) is 2. The molecule has 0 aromatic rings. The first-order chi connectivity index (χ1) is 7.20. The average Bonchev–Trinajstić information content (AvgIpc) is 2.10. The molecule has 0 rings (SSSR count). The van der Waals surface area contributed by atoms with Gasteiger partial charge in [-0.25, -0.2) is 0 Å². The summed E-state index contributed by atoms with van der Waals surface area (Å²) in [6.45, 7) is 7.76. The fourth-order valence-corrected chi connectivity index (χ4v) is 1.44. The van der Waals surface area contributed by atoms with Crippen molar-refractivity contribution in [2.45, 2.75) is 39.4 Å². The van der Waals surface area contributed by atoms with E-state index in [9.17, 15) is 13.2 Å². The molecule has 2 nitrogen and oxygen atoms in total. The van der Waals surface area contributed by atoms with Gasteiger partial charge in [-0.1, -0.05) is 20.8 Å². The largest absolute Gasteiger partial charge is 0.390 e. The molecule has 0 aromatic heterocycles. The number of halogens is 3. The van der Waals surface area contributed by atoms with Crippen LogP contribution in [0.5, 0.6) is 0 Å². The van der Waals surface area contributed by atoms with Gasteiger partial charge in [0.2, 0.25) is 0 Å². The average molecular weight is 240 g/mol. The molecule has 1 N–H and O–H groups in total. The molecule has 0 bridgehead atoms. The fraction of sp³-hybridized carbons (Fsp3) is 1.00. The number of nitrogens with zero attached hydrogens (tertiary/aromatic N) is 1. The second-order valence-electron chi connectivity index (χ2n) is 4.80. The number of rotatable bonds is 7. The highest BCUT2D eigenvalue weighted by atomic mass is 19.4. The number of nitrogens with one attached hydrogen (secondary N) is 1. The van der Waals surface area contributed by atoms with Crippen molar-refractivity contribution in [1.29, 1.82) is 0 Å². The van der Waals surface area contributed by atoms with E-state index in [0.717, 1.165) is 6.54 Å². The normalized spacial score (nSPS) is 14.8. The predicted molar refractivity (Wildman–Crippen MR) is 60.5 cm³/mol. The van der Waals surface area contributed by atoms with Crippen molar-refractivity contribution >= 4 is 0 Å². The molecule has 0 saturated heterocycles. The van der Waals surface area contributed by atoms with E-state index in [1.165, 1.54) is 0 Å². The van der Waals surface area contributed by atoms with Crippen LogP contribution in [0.2, 0.25) is 0 Å². The third-order valence-corrected chi connectivity index (χ3v) is 2.27. The lowest BCUT2D eigenvalue weighted by atomic mass is 10.1. The molecule has 98 valence electrons. The summed E-state index contributed by atoms with van der Waals surface area (Å²) in [5.74, 6) is 0.362. The third kappa shape index (κ3) is 10.2. The van der Waals surface area contributed by atoms with Crippen LogP contribution in [-0.4, -0.2) is 43.8 Å². The molecule has 1 atom stereocenters. The highest BCUT2D eigenvalue weighted by Crippen LogP contribution is 2.19. The number of alkyl halides is 3. The lowest BCUT2D eigenvalue weighted by Crippen LogP contribution is -2.35. The second kappa shape index (κ2) is 7.12. The molecule has 0 aromatic carbocycles. The minimum atomic E-state index is -4.05. The molecule has 16 heavy (non-hydrogen) atoms. The summed E-state index contributed by atoms with van der Waals surface area (Å²) in [5, 5.41) is 3.27.